The molecule has 3 rings (SSSR count). The van der Waals surface area contributed by atoms with E-state index in [1.165, 1.54) is 6.33 Å². The van der Waals surface area contributed by atoms with Crippen molar-refractivity contribution in [2.75, 3.05) is 13.2 Å². The average molecular weight is 277 g/mol. The van der Waals surface area contributed by atoms with Gasteiger partial charge in [0.1, 0.15) is 11.1 Å². The highest BCUT2D eigenvalue weighted by Gasteiger charge is 2.42. The van der Waals surface area contributed by atoms with Crippen LogP contribution in [-0.2, 0) is 0 Å². The van der Waals surface area contributed by atoms with Crippen molar-refractivity contribution in [2.45, 2.75) is 19.8 Å². The zero-order valence-corrected chi connectivity index (χ0v) is 11.0. The van der Waals surface area contributed by atoms with Crippen LogP contribution in [0.5, 0.6) is 0 Å². The normalized spacial score (nSPS) is 16.3. The number of nitrogens with one attached hydrogen (secondary N) is 2. The number of carbonyl (C=O) groups is 1. The molecule has 2 heterocycles. The maximum absolute atomic E-state index is 12.2. The Kier molecular flexibility index (Phi) is 2.86. The van der Waals surface area contributed by atoms with Crippen molar-refractivity contribution in [3.8, 4) is 0 Å². The number of rotatable bonds is 4. The number of furan rings is 1. The molecule has 7 nitrogen and oxygen atoms in total. The maximum Gasteiger partial charge on any atom is 0.262 e. The number of aliphatic hydroxyl groups excluding tert-OH is 1. The Morgan fingerprint density at radius 3 is 3.00 bits per heavy atom. The zero-order valence-electron chi connectivity index (χ0n) is 11.0. The number of aliphatic hydroxyl groups is 1. The Hall–Kier alpha value is -2.15. The Bertz CT molecular complexity index is 727. The summed E-state index contributed by atoms with van der Waals surface area (Å²) in [5, 5.41) is 12.2. The summed E-state index contributed by atoms with van der Waals surface area (Å²) in [4.78, 5) is 30.4. The highest BCUT2D eigenvalue weighted by molar-refractivity contribution is 6.06. The summed E-state index contributed by atoms with van der Waals surface area (Å²) in [7, 11) is 0. The van der Waals surface area contributed by atoms with Crippen LogP contribution in [0.3, 0.4) is 0 Å². The van der Waals surface area contributed by atoms with E-state index in [0.717, 1.165) is 12.8 Å². The van der Waals surface area contributed by atoms with Gasteiger partial charge in [0.05, 0.1) is 18.5 Å². The van der Waals surface area contributed by atoms with Crippen LogP contribution in [-0.4, -0.2) is 34.1 Å². The van der Waals surface area contributed by atoms with Crippen molar-refractivity contribution in [3.63, 3.8) is 0 Å². The van der Waals surface area contributed by atoms with Crippen molar-refractivity contribution < 1.29 is 14.3 Å². The second kappa shape index (κ2) is 4.45. The molecule has 1 amide bonds. The van der Waals surface area contributed by atoms with Gasteiger partial charge < -0.3 is 19.8 Å². The summed E-state index contributed by atoms with van der Waals surface area (Å²) in [5.74, 6) is -0.0185. The van der Waals surface area contributed by atoms with Gasteiger partial charge in [0.25, 0.3) is 11.5 Å². The third-order valence-electron chi connectivity index (χ3n) is 3.81. The molecular formula is C13H15N3O4. The van der Waals surface area contributed by atoms with Crippen molar-refractivity contribution in [1.29, 1.82) is 0 Å². The van der Waals surface area contributed by atoms with Gasteiger partial charge in [-0.3, -0.25) is 9.59 Å². The fourth-order valence-electron chi connectivity index (χ4n) is 2.25. The molecule has 0 aromatic carbocycles. The Balaban J connectivity index is 1.91. The number of aryl methyl sites for hydroxylation is 1. The van der Waals surface area contributed by atoms with E-state index in [0.29, 0.717) is 12.3 Å². The first kappa shape index (κ1) is 12.9. The minimum Gasteiger partial charge on any atom is -0.442 e. The lowest BCUT2D eigenvalue weighted by atomic mass is 10.1. The van der Waals surface area contributed by atoms with Gasteiger partial charge in [-0.25, -0.2) is 4.98 Å². The molecule has 1 saturated carbocycles. The first-order chi connectivity index (χ1) is 9.56. The number of fused-ring (bicyclic) bond motifs is 1. The second-order valence-corrected chi connectivity index (χ2v) is 5.29. The van der Waals surface area contributed by atoms with Gasteiger partial charge in [0.15, 0.2) is 0 Å². The standard InChI is InChI=1S/C13H15N3O4/c1-7-8(9-11(19)15-6-16-12(9)20-7)10(18)14-4-13(5-17)2-3-13/h6,17H,2-5H2,1H3,(H,14,18)(H,15,16,19). The summed E-state index contributed by atoms with van der Waals surface area (Å²) >= 11 is 0. The smallest absolute Gasteiger partial charge is 0.262 e. The molecule has 2 aromatic rings. The van der Waals surface area contributed by atoms with Crippen molar-refractivity contribution >= 4 is 17.0 Å². The van der Waals surface area contributed by atoms with Gasteiger partial charge in [-0.05, 0) is 19.8 Å². The van der Waals surface area contributed by atoms with Crippen LogP contribution in [0, 0.1) is 12.3 Å². The molecule has 0 bridgehead atoms. The predicted octanol–water partition coefficient (Wildman–Crippen LogP) is 0.327. The topological polar surface area (TPSA) is 108 Å². The molecule has 1 aliphatic carbocycles. The number of amides is 1. The molecule has 0 unspecified atom stereocenters. The quantitative estimate of drug-likeness (QED) is 0.746. The van der Waals surface area contributed by atoms with Crippen LogP contribution in [0.4, 0.5) is 0 Å². The first-order valence-corrected chi connectivity index (χ1v) is 6.42. The largest absolute Gasteiger partial charge is 0.442 e. The summed E-state index contributed by atoms with van der Waals surface area (Å²) < 4.78 is 5.33. The Labute approximate surface area is 114 Å². The fourth-order valence-corrected chi connectivity index (χ4v) is 2.25. The second-order valence-electron chi connectivity index (χ2n) is 5.29. The van der Waals surface area contributed by atoms with Crippen molar-refractivity contribution in [3.05, 3.63) is 28.0 Å². The highest BCUT2D eigenvalue weighted by Crippen LogP contribution is 2.44. The molecule has 7 heteroatoms. The monoisotopic (exact) mass is 277 g/mol. The van der Waals surface area contributed by atoms with E-state index in [9.17, 15) is 14.7 Å². The molecular weight excluding hydrogens is 262 g/mol. The molecule has 20 heavy (non-hydrogen) atoms. The van der Waals surface area contributed by atoms with Crippen LogP contribution in [0.2, 0.25) is 0 Å². The van der Waals surface area contributed by atoms with E-state index in [-0.39, 0.29) is 34.6 Å². The lowest BCUT2D eigenvalue weighted by Crippen LogP contribution is -2.32. The number of carbonyl (C=O) groups excluding carboxylic acids is 1. The molecule has 0 radical (unpaired) electrons. The van der Waals surface area contributed by atoms with E-state index in [4.69, 9.17) is 4.42 Å². The minimum absolute atomic E-state index is 0.0561. The SMILES string of the molecule is Cc1oc2nc[nH]c(=O)c2c1C(=O)NCC1(CO)CC1. The highest BCUT2D eigenvalue weighted by atomic mass is 16.3. The number of aromatic amines is 1. The molecule has 0 spiro atoms. The van der Waals surface area contributed by atoms with Crippen molar-refractivity contribution in [1.82, 2.24) is 15.3 Å². The summed E-state index contributed by atoms with van der Waals surface area (Å²) in [6.45, 7) is 2.07. The predicted molar refractivity (Wildman–Crippen MR) is 70.5 cm³/mol. The molecule has 1 aliphatic rings. The number of nitrogens with zero attached hydrogens (tertiary/aromatic N) is 1. The number of hydrogen-bond donors (Lipinski definition) is 3. The van der Waals surface area contributed by atoms with Crippen LogP contribution in [0.25, 0.3) is 11.1 Å². The summed E-state index contributed by atoms with van der Waals surface area (Å²) in [6, 6.07) is 0. The van der Waals surface area contributed by atoms with Crippen LogP contribution in [0.15, 0.2) is 15.5 Å². The molecule has 0 saturated heterocycles. The van der Waals surface area contributed by atoms with E-state index < -0.39 is 5.56 Å². The van der Waals surface area contributed by atoms with E-state index in [1.807, 2.05) is 0 Å². The Morgan fingerprint density at radius 1 is 1.60 bits per heavy atom. The van der Waals surface area contributed by atoms with Crippen LogP contribution < -0.4 is 10.9 Å². The summed E-state index contributed by atoms with van der Waals surface area (Å²) in [6.07, 6.45) is 3.04. The number of hydrogen-bond acceptors (Lipinski definition) is 5. The molecule has 1 fully saturated rings. The lowest BCUT2D eigenvalue weighted by Gasteiger charge is -2.12. The molecule has 0 atom stereocenters. The van der Waals surface area contributed by atoms with E-state index >= 15 is 0 Å². The molecule has 2 aromatic heterocycles. The first-order valence-electron chi connectivity index (χ1n) is 6.42. The maximum atomic E-state index is 12.2. The van der Waals surface area contributed by atoms with Crippen LogP contribution >= 0.6 is 0 Å². The van der Waals surface area contributed by atoms with Gasteiger partial charge in [-0.15, -0.1) is 0 Å². The van der Waals surface area contributed by atoms with Gasteiger partial charge in [-0.2, -0.15) is 0 Å². The van der Waals surface area contributed by atoms with Gasteiger partial charge >= 0.3 is 0 Å². The van der Waals surface area contributed by atoms with Crippen molar-refractivity contribution in [2.24, 2.45) is 5.41 Å². The third-order valence-corrected chi connectivity index (χ3v) is 3.81. The molecule has 0 aliphatic heterocycles. The zero-order chi connectivity index (χ0) is 14.3. The van der Waals surface area contributed by atoms with Crippen LogP contribution in [0.1, 0.15) is 29.0 Å². The summed E-state index contributed by atoms with van der Waals surface area (Å²) in [5.41, 5.74) is -0.226. The Morgan fingerprint density at radius 2 is 2.35 bits per heavy atom. The number of H-pyrrole nitrogens is 1. The van der Waals surface area contributed by atoms with E-state index in [1.54, 1.807) is 6.92 Å². The third kappa shape index (κ3) is 2.00. The average Bonchev–Trinajstić information content (AvgIpc) is 3.13. The minimum atomic E-state index is -0.403. The lowest BCUT2D eigenvalue weighted by molar-refractivity contribution is 0.0935. The number of aromatic nitrogens is 2. The van der Waals surface area contributed by atoms with E-state index in [2.05, 4.69) is 15.3 Å². The molecule has 106 valence electrons. The van der Waals surface area contributed by atoms with Gasteiger partial charge in [0.2, 0.25) is 5.71 Å². The van der Waals surface area contributed by atoms with Gasteiger partial charge in [0, 0.05) is 12.0 Å². The fraction of sp³-hybridized carbons (Fsp3) is 0.462. The molecule has 3 N–H and O–H groups in total. The van der Waals surface area contributed by atoms with Gasteiger partial charge in [-0.1, -0.05) is 0 Å².